The Morgan fingerprint density at radius 1 is 1.68 bits per heavy atom. The molecule has 0 aliphatic carbocycles. The summed E-state index contributed by atoms with van der Waals surface area (Å²) in [6.07, 6.45) is 0. The highest BCUT2D eigenvalue weighted by Crippen LogP contribution is 2.26. The minimum atomic E-state index is -1.05. The van der Waals surface area contributed by atoms with Crippen LogP contribution >= 0.6 is 11.6 Å². The number of carbonyl (C=O) groups is 1. The van der Waals surface area contributed by atoms with Crippen molar-refractivity contribution in [2.75, 3.05) is 20.2 Å². The summed E-state index contributed by atoms with van der Waals surface area (Å²) in [6.45, 7) is 0.310. The fourth-order valence-corrected chi connectivity index (χ4v) is 1.78. The highest BCUT2D eigenvalue weighted by molar-refractivity contribution is 6.31. The van der Waals surface area contributed by atoms with Crippen LogP contribution in [-0.2, 0) is 9.53 Å². The van der Waals surface area contributed by atoms with Gasteiger partial charge in [0, 0.05) is 28.6 Å². The first-order chi connectivity index (χ1) is 9.11. The second-order valence-electron chi connectivity index (χ2n) is 3.50. The number of nitrogens with zero attached hydrogens (tertiary/aromatic N) is 3. The average molecular weight is 287 g/mol. The van der Waals surface area contributed by atoms with Crippen molar-refractivity contribution in [1.82, 2.24) is 5.32 Å². The average Bonchev–Trinajstić information content (AvgIpc) is 2.40. The lowest BCUT2D eigenvalue weighted by atomic mass is 10.1. The summed E-state index contributed by atoms with van der Waals surface area (Å²) in [5.41, 5.74) is 8.16. The molecule has 1 atom stereocenters. The molecule has 0 fully saturated rings. The Labute approximate surface area is 114 Å². The van der Waals surface area contributed by atoms with Gasteiger partial charge < -0.3 is 10.1 Å². The Morgan fingerprint density at radius 2 is 2.42 bits per heavy atom. The largest absolute Gasteiger partial charge is 0.468 e. The summed E-state index contributed by atoms with van der Waals surface area (Å²) < 4.78 is 18.4. The zero-order valence-electron chi connectivity index (χ0n) is 10.1. The molecule has 0 radical (unpaired) electrons. The third kappa shape index (κ3) is 4.10. The van der Waals surface area contributed by atoms with Gasteiger partial charge in [0.15, 0.2) is 0 Å². The normalized spacial score (nSPS) is 11.5. The second kappa shape index (κ2) is 7.58. The van der Waals surface area contributed by atoms with Crippen LogP contribution in [0.25, 0.3) is 10.4 Å². The van der Waals surface area contributed by atoms with Gasteiger partial charge in [0.2, 0.25) is 0 Å². The molecule has 19 heavy (non-hydrogen) atoms. The third-order valence-electron chi connectivity index (χ3n) is 2.35. The Kier molecular flexibility index (Phi) is 6.08. The van der Waals surface area contributed by atoms with Gasteiger partial charge in [-0.1, -0.05) is 22.8 Å². The topological polar surface area (TPSA) is 87.1 Å². The molecule has 0 aliphatic rings. The lowest BCUT2D eigenvalue weighted by Crippen LogP contribution is -2.32. The fourth-order valence-electron chi connectivity index (χ4n) is 1.51. The Morgan fingerprint density at radius 3 is 3.00 bits per heavy atom. The van der Waals surface area contributed by atoms with E-state index in [1.807, 2.05) is 0 Å². The van der Waals surface area contributed by atoms with Gasteiger partial charge in [-0.05, 0) is 17.7 Å². The van der Waals surface area contributed by atoms with E-state index >= 15 is 0 Å². The Bertz CT molecular complexity index is 485. The van der Waals surface area contributed by atoms with E-state index in [2.05, 4.69) is 20.1 Å². The van der Waals surface area contributed by atoms with E-state index in [1.165, 1.54) is 25.3 Å². The van der Waals surface area contributed by atoms with Gasteiger partial charge in [-0.2, -0.15) is 0 Å². The number of methoxy groups -OCH3 is 1. The Balaban J connectivity index is 2.96. The van der Waals surface area contributed by atoms with Crippen LogP contribution in [0.2, 0.25) is 5.02 Å². The maximum Gasteiger partial charge on any atom is 0.327 e. The van der Waals surface area contributed by atoms with Gasteiger partial charge in [-0.25, -0.2) is 9.18 Å². The molecule has 0 bridgehead atoms. The third-order valence-corrected chi connectivity index (χ3v) is 2.68. The molecule has 8 heteroatoms. The fraction of sp³-hybridized carbons (Fsp3) is 0.364. The van der Waals surface area contributed by atoms with Crippen molar-refractivity contribution in [1.29, 1.82) is 0 Å². The molecule has 1 aromatic rings. The Hall–Kier alpha value is -1.82. The number of rotatable bonds is 6. The molecule has 0 aliphatic heterocycles. The summed E-state index contributed by atoms with van der Waals surface area (Å²) in [5.74, 6) is -1.29. The highest BCUT2D eigenvalue weighted by atomic mass is 35.5. The minimum absolute atomic E-state index is 0.0111. The van der Waals surface area contributed by atoms with Gasteiger partial charge in [0.05, 0.1) is 7.11 Å². The van der Waals surface area contributed by atoms with Crippen molar-refractivity contribution < 1.29 is 13.9 Å². The van der Waals surface area contributed by atoms with Crippen molar-refractivity contribution in [3.63, 3.8) is 0 Å². The number of hydrogen-bond donors (Lipinski definition) is 1. The van der Waals surface area contributed by atoms with Crippen LogP contribution in [-0.4, -0.2) is 26.2 Å². The summed E-state index contributed by atoms with van der Waals surface area (Å²) in [7, 11) is 1.19. The number of benzene rings is 1. The van der Waals surface area contributed by atoms with E-state index in [9.17, 15) is 9.18 Å². The molecule has 6 nitrogen and oxygen atoms in total. The van der Waals surface area contributed by atoms with E-state index < -0.39 is 17.8 Å². The van der Waals surface area contributed by atoms with Gasteiger partial charge in [-0.3, -0.25) is 0 Å². The van der Waals surface area contributed by atoms with Gasteiger partial charge in [0.25, 0.3) is 0 Å². The lowest BCUT2D eigenvalue weighted by Gasteiger charge is -2.18. The monoisotopic (exact) mass is 286 g/mol. The number of nitrogens with one attached hydrogen (secondary N) is 1. The first kappa shape index (κ1) is 15.2. The van der Waals surface area contributed by atoms with E-state index in [1.54, 1.807) is 0 Å². The van der Waals surface area contributed by atoms with E-state index in [4.69, 9.17) is 17.1 Å². The van der Waals surface area contributed by atoms with Crippen molar-refractivity contribution in [2.45, 2.75) is 6.04 Å². The summed E-state index contributed by atoms with van der Waals surface area (Å²) in [6, 6.07) is 3.07. The highest BCUT2D eigenvalue weighted by Gasteiger charge is 2.26. The SMILES string of the molecule is COC(=O)C(NCCN=[N+]=[N-])c1c(F)cccc1Cl. The van der Waals surface area contributed by atoms with E-state index in [0.717, 1.165) is 0 Å². The number of halogens is 2. The van der Waals surface area contributed by atoms with Gasteiger partial charge >= 0.3 is 5.97 Å². The maximum absolute atomic E-state index is 13.8. The number of carbonyl (C=O) groups excluding carboxylic acids is 1. The molecule has 0 spiro atoms. The summed E-state index contributed by atoms with van der Waals surface area (Å²) in [5, 5.41) is 6.16. The zero-order chi connectivity index (χ0) is 14.3. The molecule has 1 N–H and O–H groups in total. The number of esters is 1. The van der Waals surface area contributed by atoms with Crippen molar-refractivity contribution in [3.8, 4) is 0 Å². The summed E-state index contributed by atoms with van der Waals surface area (Å²) in [4.78, 5) is 14.2. The van der Waals surface area contributed by atoms with Crippen molar-refractivity contribution in [3.05, 3.63) is 45.0 Å². The number of azide groups is 1. The molecular formula is C11H12ClFN4O2. The molecule has 1 aromatic carbocycles. The molecule has 0 heterocycles. The van der Waals surface area contributed by atoms with Gasteiger partial charge in [-0.15, -0.1) is 0 Å². The van der Waals surface area contributed by atoms with Crippen LogP contribution < -0.4 is 5.32 Å². The molecule has 0 saturated carbocycles. The number of hydrogen-bond acceptors (Lipinski definition) is 4. The van der Waals surface area contributed by atoms with Crippen molar-refractivity contribution >= 4 is 17.6 Å². The van der Waals surface area contributed by atoms with Crippen LogP contribution in [0.5, 0.6) is 0 Å². The predicted octanol–water partition coefficient (Wildman–Crippen LogP) is 2.59. The molecule has 1 rings (SSSR count). The minimum Gasteiger partial charge on any atom is -0.468 e. The first-order valence-corrected chi connectivity index (χ1v) is 5.75. The molecule has 0 aromatic heterocycles. The quantitative estimate of drug-likeness (QED) is 0.287. The lowest BCUT2D eigenvalue weighted by molar-refractivity contribution is -0.143. The second-order valence-corrected chi connectivity index (χ2v) is 3.91. The van der Waals surface area contributed by atoms with Crippen molar-refractivity contribution in [2.24, 2.45) is 5.11 Å². The molecule has 102 valence electrons. The van der Waals surface area contributed by atoms with Crippen LogP contribution in [0.4, 0.5) is 4.39 Å². The standard InChI is InChI=1S/C11H12ClFN4O2/c1-19-11(18)10(15-5-6-16-17-14)9-7(12)3-2-4-8(9)13/h2-4,10,15H,5-6H2,1H3. The molecule has 0 amide bonds. The van der Waals surface area contributed by atoms with Gasteiger partial charge in [0.1, 0.15) is 11.9 Å². The molecular weight excluding hydrogens is 275 g/mol. The maximum atomic E-state index is 13.8. The van der Waals surface area contributed by atoms with E-state index in [0.29, 0.717) is 0 Å². The molecule has 0 saturated heterocycles. The predicted molar refractivity (Wildman–Crippen MR) is 68.2 cm³/mol. The molecule has 1 unspecified atom stereocenters. The van der Waals surface area contributed by atoms with E-state index in [-0.39, 0.29) is 23.7 Å². The van der Waals surface area contributed by atoms with Crippen LogP contribution in [0, 0.1) is 5.82 Å². The van der Waals surface area contributed by atoms with Crippen LogP contribution in [0.3, 0.4) is 0 Å². The summed E-state index contributed by atoms with van der Waals surface area (Å²) >= 11 is 5.90. The smallest absolute Gasteiger partial charge is 0.327 e. The first-order valence-electron chi connectivity index (χ1n) is 5.37. The zero-order valence-corrected chi connectivity index (χ0v) is 10.9. The van der Waals surface area contributed by atoms with Crippen LogP contribution in [0.1, 0.15) is 11.6 Å². The number of ether oxygens (including phenoxy) is 1. The van der Waals surface area contributed by atoms with Crippen LogP contribution in [0.15, 0.2) is 23.3 Å².